The third-order valence-electron chi connectivity index (χ3n) is 3.45. The van der Waals surface area contributed by atoms with Crippen LogP contribution in [0, 0.1) is 0 Å². The van der Waals surface area contributed by atoms with Crippen LogP contribution in [0.15, 0.2) is 24.3 Å². The minimum atomic E-state index is -0.470. The Labute approximate surface area is 112 Å². The molecule has 0 N–H and O–H groups in total. The van der Waals surface area contributed by atoms with Gasteiger partial charge in [0.1, 0.15) is 6.61 Å². The molecular formula is C14H17NO4. The van der Waals surface area contributed by atoms with Crippen molar-refractivity contribution in [3.63, 3.8) is 0 Å². The maximum Gasteiger partial charge on any atom is 0.410 e. The molecule has 1 heterocycles. The first kappa shape index (κ1) is 13.4. The van der Waals surface area contributed by atoms with Crippen LogP contribution >= 0.6 is 0 Å². The lowest BCUT2D eigenvalue weighted by Gasteiger charge is -2.34. The number of esters is 1. The minimum absolute atomic E-state index is 0.304. The van der Waals surface area contributed by atoms with Crippen molar-refractivity contribution in [1.82, 2.24) is 4.90 Å². The molecule has 0 radical (unpaired) electrons. The molecule has 0 atom stereocenters. The third kappa shape index (κ3) is 2.41. The molecule has 0 aromatic heterocycles. The Morgan fingerprint density at radius 3 is 2.42 bits per heavy atom. The van der Waals surface area contributed by atoms with Gasteiger partial charge in [0, 0.05) is 0 Å². The number of nitrogens with zero attached hydrogens (tertiary/aromatic N) is 1. The number of hydrogen-bond donors (Lipinski definition) is 0. The first-order chi connectivity index (χ1) is 8.96. The molecule has 1 aromatic carbocycles. The molecule has 0 saturated carbocycles. The number of cyclic esters (lactones) is 1. The van der Waals surface area contributed by atoms with Gasteiger partial charge < -0.3 is 9.47 Å². The molecule has 5 nitrogen and oxygen atoms in total. The standard InChI is InChI=1S/C14H17NO4/c1-14(2,15-8-9-19-13(15)17)11-6-4-10(5-7-11)12(16)18-3/h4-7H,8-9H2,1-3H3. The predicted octanol–water partition coefficient (Wildman–Crippen LogP) is 2.16. The number of carbonyl (C=O) groups is 2. The fraction of sp³-hybridized carbons (Fsp3) is 0.429. The van der Waals surface area contributed by atoms with Gasteiger partial charge >= 0.3 is 12.1 Å². The maximum absolute atomic E-state index is 11.6. The third-order valence-corrected chi connectivity index (χ3v) is 3.45. The highest BCUT2D eigenvalue weighted by Gasteiger charge is 2.36. The Bertz CT molecular complexity index is 493. The van der Waals surface area contributed by atoms with E-state index in [1.807, 2.05) is 26.0 Å². The average molecular weight is 263 g/mol. The predicted molar refractivity (Wildman–Crippen MR) is 68.9 cm³/mol. The Hall–Kier alpha value is -2.04. The Kier molecular flexibility index (Phi) is 3.46. The van der Waals surface area contributed by atoms with E-state index in [2.05, 4.69) is 4.74 Å². The lowest BCUT2D eigenvalue weighted by molar-refractivity contribution is 0.0600. The summed E-state index contributed by atoms with van der Waals surface area (Å²) in [5.41, 5.74) is 0.965. The number of hydrogen-bond acceptors (Lipinski definition) is 4. The largest absolute Gasteiger partial charge is 0.465 e. The lowest BCUT2D eigenvalue weighted by atomic mass is 9.92. The number of methoxy groups -OCH3 is 1. The molecule has 1 aliphatic heterocycles. The summed E-state index contributed by atoms with van der Waals surface area (Å²) in [5.74, 6) is -0.370. The van der Waals surface area contributed by atoms with Crippen molar-refractivity contribution in [3.05, 3.63) is 35.4 Å². The van der Waals surface area contributed by atoms with Crippen molar-refractivity contribution in [2.75, 3.05) is 20.3 Å². The molecule has 0 unspecified atom stereocenters. The van der Waals surface area contributed by atoms with Gasteiger partial charge in [0.05, 0.1) is 24.8 Å². The van der Waals surface area contributed by atoms with E-state index >= 15 is 0 Å². The summed E-state index contributed by atoms with van der Waals surface area (Å²) in [4.78, 5) is 24.7. The molecule has 1 aliphatic rings. The van der Waals surface area contributed by atoms with Gasteiger partial charge in [-0.05, 0) is 31.5 Å². The van der Waals surface area contributed by atoms with Gasteiger partial charge in [0.2, 0.25) is 0 Å². The van der Waals surface area contributed by atoms with Crippen molar-refractivity contribution in [3.8, 4) is 0 Å². The van der Waals surface area contributed by atoms with Gasteiger partial charge in [-0.25, -0.2) is 9.59 Å². The topological polar surface area (TPSA) is 55.8 Å². The van der Waals surface area contributed by atoms with E-state index in [-0.39, 0.29) is 12.1 Å². The van der Waals surface area contributed by atoms with Gasteiger partial charge in [0.25, 0.3) is 0 Å². The highest BCUT2D eigenvalue weighted by Crippen LogP contribution is 2.30. The summed E-state index contributed by atoms with van der Waals surface area (Å²) in [6.07, 6.45) is -0.304. The van der Waals surface area contributed by atoms with Crippen molar-refractivity contribution in [2.45, 2.75) is 19.4 Å². The van der Waals surface area contributed by atoms with Crippen molar-refractivity contribution < 1.29 is 19.1 Å². The molecule has 1 fully saturated rings. The molecule has 2 rings (SSSR count). The van der Waals surface area contributed by atoms with Crippen molar-refractivity contribution in [2.24, 2.45) is 0 Å². The second kappa shape index (κ2) is 4.91. The van der Waals surface area contributed by atoms with Crippen LogP contribution in [0.4, 0.5) is 4.79 Å². The van der Waals surface area contributed by atoms with Crippen molar-refractivity contribution in [1.29, 1.82) is 0 Å². The minimum Gasteiger partial charge on any atom is -0.465 e. The quantitative estimate of drug-likeness (QED) is 0.784. The smallest absolute Gasteiger partial charge is 0.410 e. The van der Waals surface area contributed by atoms with E-state index in [4.69, 9.17) is 4.74 Å². The summed E-state index contributed by atoms with van der Waals surface area (Å²) in [6, 6.07) is 7.06. The fourth-order valence-electron chi connectivity index (χ4n) is 2.19. The van der Waals surface area contributed by atoms with Crippen LogP contribution in [-0.2, 0) is 15.0 Å². The van der Waals surface area contributed by atoms with Crippen LogP contribution in [0.2, 0.25) is 0 Å². The second-order valence-corrected chi connectivity index (χ2v) is 4.89. The monoisotopic (exact) mass is 263 g/mol. The number of rotatable bonds is 3. The second-order valence-electron chi connectivity index (χ2n) is 4.89. The highest BCUT2D eigenvalue weighted by molar-refractivity contribution is 5.89. The molecule has 102 valence electrons. The zero-order valence-electron chi connectivity index (χ0n) is 11.3. The van der Waals surface area contributed by atoms with Crippen LogP contribution in [0.1, 0.15) is 29.8 Å². The van der Waals surface area contributed by atoms with E-state index < -0.39 is 5.54 Å². The zero-order valence-corrected chi connectivity index (χ0v) is 11.3. The average Bonchev–Trinajstić information content (AvgIpc) is 2.85. The summed E-state index contributed by atoms with van der Waals surface area (Å²) in [6.45, 7) is 4.90. The summed E-state index contributed by atoms with van der Waals surface area (Å²) in [5, 5.41) is 0. The van der Waals surface area contributed by atoms with Gasteiger partial charge in [-0.1, -0.05) is 12.1 Å². The summed E-state index contributed by atoms with van der Waals surface area (Å²) < 4.78 is 9.62. The van der Waals surface area contributed by atoms with Gasteiger partial charge in [-0.3, -0.25) is 4.90 Å². The molecular weight excluding hydrogens is 246 g/mol. The SMILES string of the molecule is COC(=O)c1ccc(C(C)(C)N2CCOC2=O)cc1. The molecule has 0 spiro atoms. The number of ether oxygens (including phenoxy) is 2. The van der Waals surface area contributed by atoms with Gasteiger partial charge in [-0.2, -0.15) is 0 Å². The zero-order chi connectivity index (χ0) is 14.0. The lowest BCUT2D eigenvalue weighted by Crippen LogP contribution is -2.42. The summed E-state index contributed by atoms with van der Waals surface area (Å²) >= 11 is 0. The highest BCUT2D eigenvalue weighted by atomic mass is 16.6. The molecule has 5 heteroatoms. The van der Waals surface area contributed by atoms with E-state index in [9.17, 15) is 9.59 Å². The summed E-state index contributed by atoms with van der Waals surface area (Å²) in [7, 11) is 1.35. The molecule has 0 aliphatic carbocycles. The molecule has 19 heavy (non-hydrogen) atoms. The van der Waals surface area contributed by atoms with Crippen LogP contribution in [0.25, 0.3) is 0 Å². The van der Waals surface area contributed by atoms with Gasteiger partial charge in [-0.15, -0.1) is 0 Å². The molecule has 0 bridgehead atoms. The fourth-order valence-corrected chi connectivity index (χ4v) is 2.19. The van der Waals surface area contributed by atoms with Crippen LogP contribution in [0.5, 0.6) is 0 Å². The molecule has 1 saturated heterocycles. The van der Waals surface area contributed by atoms with Gasteiger partial charge in [0.15, 0.2) is 0 Å². The maximum atomic E-state index is 11.6. The first-order valence-corrected chi connectivity index (χ1v) is 6.10. The van der Waals surface area contributed by atoms with E-state index in [1.165, 1.54) is 7.11 Å². The van der Waals surface area contributed by atoms with E-state index in [1.54, 1.807) is 17.0 Å². The number of benzene rings is 1. The first-order valence-electron chi connectivity index (χ1n) is 6.10. The molecule has 1 amide bonds. The van der Waals surface area contributed by atoms with Crippen LogP contribution in [-0.4, -0.2) is 37.2 Å². The molecule has 1 aromatic rings. The number of amides is 1. The van der Waals surface area contributed by atoms with E-state index in [0.717, 1.165) is 5.56 Å². The number of carbonyl (C=O) groups excluding carboxylic acids is 2. The van der Waals surface area contributed by atoms with Crippen LogP contribution < -0.4 is 0 Å². The van der Waals surface area contributed by atoms with E-state index in [0.29, 0.717) is 18.7 Å². The van der Waals surface area contributed by atoms with Crippen molar-refractivity contribution >= 4 is 12.1 Å². The normalized spacial score (nSPS) is 15.3. The Balaban J connectivity index is 2.25. The Morgan fingerprint density at radius 2 is 1.95 bits per heavy atom. The van der Waals surface area contributed by atoms with Crippen LogP contribution in [0.3, 0.4) is 0 Å². The Morgan fingerprint density at radius 1 is 1.32 bits per heavy atom.